The Morgan fingerprint density at radius 1 is 1.04 bits per heavy atom. The van der Waals surface area contributed by atoms with Crippen molar-refractivity contribution in [3.63, 3.8) is 0 Å². The molecule has 0 radical (unpaired) electrons. The third kappa shape index (κ3) is 4.79. The minimum absolute atomic E-state index is 0.00259. The molecule has 0 aliphatic heterocycles. The van der Waals surface area contributed by atoms with E-state index < -0.39 is 10.0 Å². The van der Waals surface area contributed by atoms with E-state index in [9.17, 15) is 13.2 Å². The number of hydrogen-bond acceptors (Lipinski definition) is 6. The highest BCUT2D eigenvalue weighted by atomic mass is 32.2. The number of sulfonamides is 1. The summed E-state index contributed by atoms with van der Waals surface area (Å²) in [6, 6.07) is 17.9. The number of carbonyl (C=O) groups excluding carboxylic acids is 1. The van der Waals surface area contributed by atoms with Crippen LogP contribution in [-0.4, -0.2) is 41.0 Å². The second-order valence-electron chi connectivity index (χ2n) is 6.14. The van der Waals surface area contributed by atoms with Crippen LogP contribution in [0.3, 0.4) is 0 Å². The molecule has 2 aromatic carbocycles. The number of hydrogen-bond donors (Lipinski definition) is 0. The smallest absolute Gasteiger partial charge is 0.232 e. The second kappa shape index (κ2) is 8.57. The van der Waals surface area contributed by atoms with Gasteiger partial charge in [-0.1, -0.05) is 60.3 Å². The Bertz CT molecular complexity index is 1050. The Morgan fingerprint density at radius 2 is 1.64 bits per heavy atom. The molecule has 7 nitrogen and oxygen atoms in total. The van der Waals surface area contributed by atoms with Crippen molar-refractivity contribution in [2.75, 3.05) is 16.3 Å². The average Bonchev–Trinajstić information content (AvgIpc) is 3.04. The number of benzene rings is 2. The molecule has 1 heterocycles. The van der Waals surface area contributed by atoms with Crippen LogP contribution in [0.2, 0.25) is 0 Å². The minimum atomic E-state index is -3.49. The van der Waals surface area contributed by atoms with Crippen molar-refractivity contribution in [3.05, 3.63) is 72.1 Å². The summed E-state index contributed by atoms with van der Waals surface area (Å²) in [6.45, 7) is 0.0551. The number of Topliss-reactive ketones (excluding diaryl/α,β-unsaturated/α-hetero) is 1. The molecular weight excluding hydrogens is 396 g/mol. The predicted molar refractivity (Wildman–Crippen MR) is 110 cm³/mol. The zero-order valence-electron chi connectivity index (χ0n) is 15.5. The molecule has 0 unspecified atom stereocenters. The summed E-state index contributed by atoms with van der Waals surface area (Å²) in [6.07, 6.45) is 1.16. The third-order valence-electron chi connectivity index (χ3n) is 4.08. The fourth-order valence-corrected chi connectivity index (χ4v) is 4.25. The molecule has 0 spiro atoms. The van der Waals surface area contributed by atoms with Gasteiger partial charge in [-0.2, -0.15) is 0 Å². The van der Waals surface area contributed by atoms with Crippen molar-refractivity contribution in [2.24, 2.45) is 7.05 Å². The van der Waals surface area contributed by atoms with Gasteiger partial charge in [0.2, 0.25) is 10.0 Å². The van der Waals surface area contributed by atoms with E-state index in [1.165, 1.54) is 16.1 Å². The van der Waals surface area contributed by atoms with Crippen LogP contribution in [0.5, 0.6) is 0 Å². The van der Waals surface area contributed by atoms with Crippen LogP contribution in [0.15, 0.2) is 65.8 Å². The number of rotatable bonds is 8. The molecule has 0 fully saturated rings. The number of anilines is 1. The van der Waals surface area contributed by atoms with Crippen LogP contribution < -0.4 is 4.31 Å². The van der Waals surface area contributed by atoms with Crippen molar-refractivity contribution < 1.29 is 13.2 Å². The number of nitrogens with zero attached hydrogens (tertiary/aromatic N) is 4. The fraction of sp³-hybridized carbons (Fsp3) is 0.211. The molecule has 9 heteroatoms. The first kappa shape index (κ1) is 20.1. The SMILES string of the molecule is Cn1c(CN(c2ccccc2)S(C)(=O)=O)nnc1SCC(=O)c1ccccc1. The normalized spacial score (nSPS) is 11.4. The largest absolute Gasteiger partial charge is 0.308 e. The monoisotopic (exact) mass is 416 g/mol. The topological polar surface area (TPSA) is 85.2 Å². The summed E-state index contributed by atoms with van der Waals surface area (Å²) in [5.74, 6) is 0.714. The van der Waals surface area contributed by atoms with Gasteiger partial charge in [-0.15, -0.1) is 10.2 Å². The molecule has 3 rings (SSSR count). The zero-order chi connectivity index (χ0) is 20.1. The van der Waals surface area contributed by atoms with Crippen molar-refractivity contribution in [3.8, 4) is 0 Å². The van der Waals surface area contributed by atoms with Crippen LogP contribution in [0.4, 0.5) is 5.69 Å². The third-order valence-corrected chi connectivity index (χ3v) is 6.24. The van der Waals surface area contributed by atoms with Crippen molar-refractivity contribution >= 4 is 33.3 Å². The van der Waals surface area contributed by atoms with E-state index >= 15 is 0 Å². The molecule has 0 N–H and O–H groups in total. The summed E-state index contributed by atoms with van der Waals surface area (Å²) in [7, 11) is -1.73. The van der Waals surface area contributed by atoms with E-state index in [0.717, 1.165) is 6.26 Å². The Kier molecular flexibility index (Phi) is 6.15. The predicted octanol–water partition coefficient (Wildman–Crippen LogP) is 2.76. The van der Waals surface area contributed by atoms with Crippen molar-refractivity contribution in [2.45, 2.75) is 11.7 Å². The van der Waals surface area contributed by atoms with E-state index in [0.29, 0.717) is 22.2 Å². The lowest BCUT2D eigenvalue weighted by atomic mass is 10.2. The van der Waals surface area contributed by atoms with Gasteiger partial charge in [0.15, 0.2) is 16.8 Å². The van der Waals surface area contributed by atoms with Gasteiger partial charge in [-0.25, -0.2) is 8.42 Å². The molecule has 0 bridgehead atoms. The number of ketones is 1. The van der Waals surface area contributed by atoms with Crippen LogP contribution in [0.25, 0.3) is 0 Å². The van der Waals surface area contributed by atoms with E-state index in [4.69, 9.17) is 0 Å². The van der Waals surface area contributed by atoms with Crippen LogP contribution >= 0.6 is 11.8 Å². The maximum atomic E-state index is 12.3. The maximum absolute atomic E-state index is 12.3. The molecule has 1 aromatic heterocycles. The average molecular weight is 417 g/mol. The van der Waals surface area contributed by atoms with Gasteiger partial charge in [0, 0.05) is 12.6 Å². The second-order valence-corrected chi connectivity index (χ2v) is 8.99. The highest BCUT2D eigenvalue weighted by molar-refractivity contribution is 7.99. The van der Waals surface area contributed by atoms with E-state index in [2.05, 4.69) is 10.2 Å². The van der Waals surface area contributed by atoms with Crippen molar-refractivity contribution in [1.29, 1.82) is 0 Å². The van der Waals surface area contributed by atoms with Crippen molar-refractivity contribution in [1.82, 2.24) is 14.8 Å². The number of aromatic nitrogens is 3. The van der Waals surface area contributed by atoms with Crippen LogP contribution in [0, 0.1) is 0 Å². The number of carbonyl (C=O) groups is 1. The van der Waals surface area contributed by atoms with E-state index in [1.807, 2.05) is 24.3 Å². The Morgan fingerprint density at radius 3 is 2.25 bits per heavy atom. The Balaban J connectivity index is 1.74. The van der Waals surface area contributed by atoms with Gasteiger partial charge < -0.3 is 4.57 Å². The summed E-state index contributed by atoms with van der Waals surface area (Å²) in [5.41, 5.74) is 1.20. The summed E-state index contributed by atoms with van der Waals surface area (Å²) >= 11 is 1.27. The van der Waals surface area contributed by atoms with Crippen LogP contribution in [-0.2, 0) is 23.6 Å². The van der Waals surface area contributed by atoms with E-state index in [-0.39, 0.29) is 18.1 Å². The van der Waals surface area contributed by atoms with Gasteiger partial charge in [-0.3, -0.25) is 9.10 Å². The highest BCUT2D eigenvalue weighted by Gasteiger charge is 2.21. The first-order valence-electron chi connectivity index (χ1n) is 8.48. The molecule has 3 aromatic rings. The zero-order valence-corrected chi connectivity index (χ0v) is 17.2. The molecule has 0 amide bonds. The highest BCUT2D eigenvalue weighted by Crippen LogP contribution is 2.22. The van der Waals surface area contributed by atoms with Gasteiger partial charge in [0.25, 0.3) is 0 Å². The fourth-order valence-electron chi connectivity index (χ4n) is 2.57. The maximum Gasteiger partial charge on any atom is 0.232 e. The molecule has 0 atom stereocenters. The minimum Gasteiger partial charge on any atom is -0.308 e. The number of thioether (sulfide) groups is 1. The summed E-state index contributed by atoms with van der Waals surface area (Å²) in [5, 5.41) is 8.79. The first-order chi connectivity index (χ1) is 13.4. The molecular formula is C19H20N4O3S2. The molecule has 0 aliphatic carbocycles. The lowest BCUT2D eigenvalue weighted by Crippen LogP contribution is -2.30. The van der Waals surface area contributed by atoms with Gasteiger partial charge in [0.1, 0.15) is 0 Å². The summed E-state index contributed by atoms with van der Waals surface area (Å²) < 4.78 is 27.5. The van der Waals surface area contributed by atoms with Gasteiger partial charge >= 0.3 is 0 Å². The lowest BCUT2D eigenvalue weighted by Gasteiger charge is -2.21. The van der Waals surface area contributed by atoms with Crippen LogP contribution in [0.1, 0.15) is 16.2 Å². The van der Waals surface area contributed by atoms with E-state index in [1.54, 1.807) is 48.0 Å². The Labute approximate surface area is 168 Å². The molecule has 28 heavy (non-hydrogen) atoms. The van der Waals surface area contributed by atoms with Gasteiger partial charge in [0.05, 0.1) is 24.2 Å². The standard InChI is InChI=1S/C19H20N4O3S2/c1-22-18(13-23(28(2,25)26)16-11-7-4-8-12-16)20-21-19(22)27-14-17(24)15-9-5-3-6-10-15/h3-12H,13-14H2,1-2H3. The molecule has 0 aliphatic rings. The number of para-hydroxylation sites is 1. The quantitative estimate of drug-likeness (QED) is 0.415. The first-order valence-corrected chi connectivity index (χ1v) is 11.3. The van der Waals surface area contributed by atoms with Gasteiger partial charge in [-0.05, 0) is 12.1 Å². The molecule has 0 saturated carbocycles. The molecule has 146 valence electrons. The summed E-state index contributed by atoms with van der Waals surface area (Å²) in [4.78, 5) is 12.3. The Hall–Kier alpha value is -2.65. The molecule has 0 saturated heterocycles. The lowest BCUT2D eigenvalue weighted by molar-refractivity contribution is 0.102.